The van der Waals surface area contributed by atoms with Crippen LogP contribution in [-0.2, 0) is 0 Å². The van der Waals surface area contributed by atoms with Crippen molar-refractivity contribution in [2.75, 3.05) is 0 Å². The molecule has 0 spiro atoms. The molecule has 186 valence electrons. The largest absolute Gasteiger partial charge is 0.366 e. The van der Waals surface area contributed by atoms with Gasteiger partial charge >= 0.3 is 0 Å². The van der Waals surface area contributed by atoms with Crippen LogP contribution in [0.4, 0.5) is 4.39 Å². The third-order valence-corrected chi connectivity index (χ3v) is 8.75. The number of fused-ring (bicyclic) bond motifs is 2. The Kier molecular flexibility index (Phi) is 5.98. The number of aromatic nitrogens is 3. The Morgan fingerprint density at radius 3 is 2.50 bits per heavy atom. The SMILES string of the molecule is C[C@@H](c1nc2ccc(C(N)=O)cc2n1C1CCCC1)C1CCC(c2ccnc3ccc(F)cc23)CC1. The molecular weight excluding hydrogens is 451 g/mol. The number of nitrogens with zero attached hydrogens (tertiary/aromatic N) is 3. The molecule has 2 aliphatic carbocycles. The van der Waals surface area contributed by atoms with Gasteiger partial charge in [-0.1, -0.05) is 19.8 Å². The Bertz CT molecular complexity index is 1430. The molecule has 0 saturated heterocycles. The van der Waals surface area contributed by atoms with Gasteiger partial charge in [0.05, 0.1) is 16.6 Å². The molecule has 36 heavy (non-hydrogen) atoms. The van der Waals surface area contributed by atoms with Crippen LogP contribution in [-0.4, -0.2) is 20.4 Å². The molecule has 2 fully saturated rings. The van der Waals surface area contributed by atoms with Crippen LogP contribution in [0.5, 0.6) is 0 Å². The summed E-state index contributed by atoms with van der Waals surface area (Å²) in [5, 5.41) is 0.947. The van der Waals surface area contributed by atoms with Gasteiger partial charge in [-0.3, -0.25) is 9.78 Å². The van der Waals surface area contributed by atoms with Crippen molar-refractivity contribution in [3.05, 3.63) is 71.4 Å². The van der Waals surface area contributed by atoms with Crippen molar-refractivity contribution in [1.82, 2.24) is 14.5 Å². The molecule has 5 nitrogen and oxygen atoms in total. The smallest absolute Gasteiger partial charge is 0.248 e. The van der Waals surface area contributed by atoms with E-state index in [0.29, 0.717) is 29.4 Å². The predicted octanol–water partition coefficient (Wildman–Crippen LogP) is 7.02. The topological polar surface area (TPSA) is 73.8 Å². The Morgan fingerprint density at radius 2 is 1.75 bits per heavy atom. The van der Waals surface area contributed by atoms with E-state index in [2.05, 4.69) is 22.5 Å². The van der Waals surface area contributed by atoms with Crippen molar-refractivity contribution in [3.8, 4) is 0 Å². The molecule has 6 heteroatoms. The number of hydrogen-bond acceptors (Lipinski definition) is 3. The number of carbonyl (C=O) groups is 1. The number of hydrogen-bond donors (Lipinski definition) is 1. The second kappa shape index (κ2) is 9.30. The molecule has 4 aromatic rings. The van der Waals surface area contributed by atoms with Crippen LogP contribution in [0, 0.1) is 11.7 Å². The lowest BCUT2D eigenvalue weighted by Crippen LogP contribution is -2.22. The average Bonchev–Trinajstić information content (AvgIpc) is 3.55. The molecule has 2 aliphatic rings. The highest BCUT2D eigenvalue weighted by molar-refractivity contribution is 5.96. The van der Waals surface area contributed by atoms with Crippen molar-refractivity contribution in [2.45, 2.75) is 76.2 Å². The highest BCUT2D eigenvalue weighted by Crippen LogP contribution is 2.45. The van der Waals surface area contributed by atoms with Crippen molar-refractivity contribution in [2.24, 2.45) is 11.7 Å². The maximum absolute atomic E-state index is 14.0. The molecule has 6 rings (SSSR count). The number of primary amides is 1. The van der Waals surface area contributed by atoms with Crippen molar-refractivity contribution >= 4 is 27.8 Å². The van der Waals surface area contributed by atoms with Gasteiger partial charge in [-0.25, -0.2) is 9.37 Å². The molecule has 0 unspecified atom stereocenters. The summed E-state index contributed by atoms with van der Waals surface area (Å²) >= 11 is 0. The summed E-state index contributed by atoms with van der Waals surface area (Å²) in [7, 11) is 0. The quantitative estimate of drug-likeness (QED) is 0.331. The maximum atomic E-state index is 14.0. The standard InChI is InChI=1S/C30H33FN4O/c1-18(19-6-8-20(9-7-19)24-14-15-33-26-13-11-22(31)17-25(24)26)30-34-27-12-10-21(29(32)36)16-28(27)35(30)23-4-2-3-5-23/h10-20,23H,2-9H2,1H3,(H2,32,36)/t18-,19?,20?/m1/s1. The van der Waals surface area contributed by atoms with E-state index < -0.39 is 5.91 Å². The fraction of sp³-hybridized carbons (Fsp3) is 0.433. The summed E-state index contributed by atoms with van der Waals surface area (Å²) in [6.45, 7) is 2.32. The van der Waals surface area contributed by atoms with Crippen molar-refractivity contribution < 1.29 is 9.18 Å². The first-order valence-electron chi connectivity index (χ1n) is 13.4. The maximum Gasteiger partial charge on any atom is 0.248 e. The fourth-order valence-electron chi connectivity index (χ4n) is 6.77. The molecule has 2 aromatic carbocycles. The molecule has 0 bridgehead atoms. The van der Waals surface area contributed by atoms with E-state index in [1.54, 1.807) is 18.2 Å². The van der Waals surface area contributed by atoms with Gasteiger partial charge in [0.1, 0.15) is 11.6 Å². The first-order chi connectivity index (χ1) is 17.5. The molecular formula is C30H33FN4O. The summed E-state index contributed by atoms with van der Waals surface area (Å²) in [5.74, 6) is 1.84. The summed E-state index contributed by atoms with van der Waals surface area (Å²) in [6.07, 6.45) is 11.0. The summed E-state index contributed by atoms with van der Waals surface area (Å²) in [4.78, 5) is 21.4. The highest BCUT2D eigenvalue weighted by atomic mass is 19.1. The Morgan fingerprint density at radius 1 is 1.00 bits per heavy atom. The summed E-state index contributed by atoms with van der Waals surface area (Å²) < 4.78 is 16.4. The van der Waals surface area contributed by atoms with Crippen LogP contribution in [0.3, 0.4) is 0 Å². The number of nitrogens with two attached hydrogens (primary N) is 1. The minimum atomic E-state index is -0.396. The van der Waals surface area contributed by atoms with Crippen molar-refractivity contribution in [1.29, 1.82) is 0 Å². The molecule has 2 saturated carbocycles. The van der Waals surface area contributed by atoms with Crippen LogP contribution < -0.4 is 5.73 Å². The summed E-state index contributed by atoms with van der Waals surface area (Å²) in [5.41, 5.74) is 10.2. The van der Waals surface area contributed by atoms with Gasteiger partial charge in [-0.05, 0) is 98.4 Å². The van der Waals surface area contributed by atoms with Crippen molar-refractivity contribution in [3.63, 3.8) is 0 Å². The van der Waals surface area contributed by atoms with Crippen LogP contribution in [0.1, 0.15) is 97.9 Å². The van der Waals surface area contributed by atoms with E-state index in [0.717, 1.165) is 66.3 Å². The van der Waals surface area contributed by atoms with Crippen LogP contribution in [0.15, 0.2) is 48.7 Å². The minimum Gasteiger partial charge on any atom is -0.366 e. The van der Waals surface area contributed by atoms with E-state index >= 15 is 0 Å². The molecule has 1 atom stereocenters. The minimum absolute atomic E-state index is 0.204. The third-order valence-electron chi connectivity index (χ3n) is 8.75. The first kappa shape index (κ1) is 23.1. The number of imidazole rings is 1. The van der Waals surface area contributed by atoms with E-state index in [4.69, 9.17) is 10.7 Å². The zero-order valence-electron chi connectivity index (χ0n) is 20.8. The molecule has 1 amide bonds. The highest BCUT2D eigenvalue weighted by Gasteiger charge is 2.32. The van der Waals surface area contributed by atoms with E-state index in [1.807, 2.05) is 18.3 Å². The number of rotatable bonds is 5. The Hall–Kier alpha value is -3.28. The molecule has 2 N–H and O–H groups in total. The number of benzene rings is 2. The molecule has 0 aliphatic heterocycles. The third kappa shape index (κ3) is 4.06. The number of halogens is 1. The van der Waals surface area contributed by atoms with Gasteiger partial charge in [0.2, 0.25) is 5.91 Å². The van der Waals surface area contributed by atoms with E-state index in [-0.39, 0.29) is 5.82 Å². The summed E-state index contributed by atoms with van der Waals surface area (Å²) in [6, 6.07) is 13.1. The fourth-order valence-corrected chi connectivity index (χ4v) is 6.77. The lowest BCUT2D eigenvalue weighted by Gasteiger charge is -2.33. The molecule has 0 radical (unpaired) electrons. The average molecular weight is 485 g/mol. The second-order valence-corrected chi connectivity index (χ2v) is 10.8. The van der Waals surface area contributed by atoms with Gasteiger partial charge in [-0.15, -0.1) is 0 Å². The van der Waals surface area contributed by atoms with E-state index in [9.17, 15) is 9.18 Å². The lowest BCUT2D eigenvalue weighted by molar-refractivity contribution is 0.100. The van der Waals surface area contributed by atoms with Gasteiger partial charge in [0.25, 0.3) is 0 Å². The van der Waals surface area contributed by atoms with Gasteiger partial charge in [0, 0.05) is 29.1 Å². The lowest BCUT2D eigenvalue weighted by atomic mass is 9.73. The first-order valence-corrected chi connectivity index (χ1v) is 13.4. The predicted molar refractivity (Wildman–Crippen MR) is 141 cm³/mol. The molecule has 2 aromatic heterocycles. The molecule has 2 heterocycles. The van der Waals surface area contributed by atoms with Gasteiger partial charge < -0.3 is 10.3 Å². The Balaban J connectivity index is 1.28. The second-order valence-electron chi connectivity index (χ2n) is 10.8. The van der Waals surface area contributed by atoms with Crippen LogP contribution in [0.25, 0.3) is 21.9 Å². The van der Waals surface area contributed by atoms with Gasteiger partial charge in [0.15, 0.2) is 0 Å². The van der Waals surface area contributed by atoms with Gasteiger partial charge in [-0.2, -0.15) is 0 Å². The zero-order chi connectivity index (χ0) is 24.8. The van der Waals surface area contributed by atoms with Crippen LogP contribution >= 0.6 is 0 Å². The normalized spacial score (nSPS) is 21.8. The van der Waals surface area contributed by atoms with Crippen LogP contribution in [0.2, 0.25) is 0 Å². The number of carbonyl (C=O) groups excluding carboxylic acids is 1. The monoisotopic (exact) mass is 484 g/mol. The van der Waals surface area contributed by atoms with E-state index in [1.165, 1.54) is 24.5 Å². The zero-order valence-corrected chi connectivity index (χ0v) is 20.8. The Labute approximate surface area is 210 Å². The number of pyridine rings is 1. The number of amides is 1.